The maximum absolute atomic E-state index is 13.7. The third-order valence-electron chi connectivity index (χ3n) is 7.56. The average Bonchev–Trinajstić information content (AvgIpc) is 3.54. The molecule has 2 aliphatic heterocycles. The van der Waals surface area contributed by atoms with Crippen LogP contribution in [0.5, 0.6) is 0 Å². The van der Waals surface area contributed by atoms with E-state index in [1.807, 2.05) is 47.7 Å². The van der Waals surface area contributed by atoms with E-state index in [2.05, 4.69) is 11.8 Å². The molecule has 4 aromatic rings. The minimum Gasteiger partial charge on any atom is -0.378 e. The number of anilines is 1. The van der Waals surface area contributed by atoms with E-state index in [4.69, 9.17) is 24.7 Å². The second-order valence-corrected chi connectivity index (χ2v) is 9.85. The van der Waals surface area contributed by atoms with Gasteiger partial charge in [0.15, 0.2) is 17.0 Å². The van der Waals surface area contributed by atoms with Gasteiger partial charge in [0, 0.05) is 59.2 Å². The van der Waals surface area contributed by atoms with E-state index in [1.54, 1.807) is 9.47 Å². The monoisotopic (exact) mass is 531 g/mol. The number of nitrogens with zero attached hydrogens (tertiary/aromatic N) is 9. The molecule has 204 valence electrons. The van der Waals surface area contributed by atoms with Crippen LogP contribution >= 0.6 is 0 Å². The highest BCUT2D eigenvalue weighted by molar-refractivity contribution is 5.97. The second-order valence-electron chi connectivity index (χ2n) is 9.85. The molecule has 12 heteroatoms. The van der Waals surface area contributed by atoms with Crippen molar-refractivity contribution >= 4 is 39.8 Å². The van der Waals surface area contributed by atoms with Crippen LogP contribution in [0.15, 0.2) is 24.3 Å². The Kier molecular flexibility index (Phi) is 6.63. The van der Waals surface area contributed by atoms with Crippen molar-refractivity contribution in [2.24, 2.45) is 7.05 Å². The van der Waals surface area contributed by atoms with Crippen LogP contribution in [0.2, 0.25) is 0 Å². The number of carbonyl (C=O) groups excluding carboxylic acids is 2. The number of imidazole rings is 2. The van der Waals surface area contributed by atoms with Gasteiger partial charge in [-0.15, -0.1) is 0 Å². The number of morpholine rings is 1. The molecule has 2 saturated heterocycles. The van der Waals surface area contributed by atoms with E-state index in [-0.39, 0.29) is 11.8 Å². The van der Waals surface area contributed by atoms with Crippen molar-refractivity contribution in [3.8, 4) is 5.95 Å². The quantitative estimate of drug-likeness (QED) is 0.383. The van der Waals surface area contributed by atoms with Crippen molar-refractivity contribution in [3.63, 3.8) is 0 Å². The summed E-state index contributed by atoms with van der Waals surface area (Å²) in [7, 11) is 1.83. The number of hydrogen-bond acceptors (Lipinski definition) is 8. The lowest BCUT2D eigenvalue weighted by Crippen LogP contribution is -2.50. The number of carbonyl (C=O) groups is 2. The van der Waals surface area contributed by atoms with E-state index >= 15 is 0 Å². The molecule has 12 nitrogen and oxygen atoms in total. The fourth-order valence-electron chi connectivity index (χ4n) is 5.38. The van der Waals surface area contributed by atoms with Gasteiger partial charge >= 0.3 is 0 Å². The first kappa shape index (κ1) is 25.2. The Morgan fingerprint density at radius 1 is 0.897 bits per heavy atom. The van der Waals surface area contributed by atoms with Crippen LogP contribution in [0.25, 0.3) is 28.1 Å². The number of hydrogen-bond donors (Lipinski definition) is 0. The SMILES string of the molecule is CCC(=O)N1CCN(C(=O)c2nc3c(N4CCOCC4)nc(-n4c(CC)nc5ccccc54)nc3n2C)CC1. The van der Waals surface area contributed by atoms with Crippen LogP contribution in [0, 0.1) is 0 Å². The summed E-state index contributed by atoms with van der Waals surface area (Å²) in [6, 6.07) is 7.96. The van der Waals surface area contributed by atoms with Crippen molar-refractivity contribution in [3.05, 3.63) is 35.9 Å². The first-order valence-corrected chi connectivity index (χ1v) is 13.6. The molecule has 2 fully saturated rings. The van der Waals surface area contributed by atoms with Gasteiger partial charge in [0.1, 0.15) is 5.82 Å². The number of amides is 2. The topological polar surface area (TPSA) is 115 Å². The maximum Gasteiger partial charge on any atom is 0.290 e. The lowest BCUT2D eigenvalue weighted by atomic mass is 10.2. The minimum atomic E-state index is -0.170. The van der Waals surface area contributed by atoms with Crippen molar-refractivity contribution in [2.75, 3.05) is 57.4 Å². The van der Waals surface area contributed by atoms with E-state index in [1.165, 1.54) is 0 Å². The van der Waals surface area contributed by atoms with Gasteiger partial charge in [-0.3, -0.25) is 14.2 Å². The molecule has 3 aromatic heterocycles. The summed E-state index contributed by atoms with van der Waals surface area (Å²) in [6.45, 7) is 8.45. The Morgan fingerprint density at radius 2 is 1.62 bits per heavy atom. The van der Waals surface area contributed by atoms with Gasteiger partial charge in [-0.1, -0.05) is 26.0 Å². The molecule has 0 N–H and O–H groups in total. The van der Waals surface area contributed by atoms with Gasteiger partial charge in [-0.25, -0.2) is 9.97 Å². The average molecular weight is 532 g/mol. The highest BCUT2D eigenvalue weighted by Gasteiger charge is 2.30. The molecule has 0 spiro atoms. The predicted octanol–water partition coefficient (Wildman–Crippen LogP) is 1.80. The first-order chi connectivity index (χ1) is 19.0. The lowest BCUT2D eigenvalue weighted by molar-refractivity contribution is -0.132. The molecule has 2 aliphatic rings. The van der Waals surface area contributed by atoms with Gasteiger partial charge in [0.2, 0.25) is 17.7 Å². The Labute approximate surface area is 226 Å². The fraction of sp³-hybridized carbons (Fsp3) is 0.481. The van der Waals surface area contributed by atoms with E-state index in [9.17, 15) is 9.59 Å². The molecule has 2 amide bonds. The van der Waals surface area contributed by atoms with Crippen molar-refractivity contribution in [2.45, 2.75) is 26.7 Å². The summed E-state index contributed by atoms with van der Waals surface area (Å²) >= 11 is 0. The van der Waals surface area contributed by atoms with Crippen LogP contribution in [0.4, 0.5) is 5.82 Å². The van der Waals surface area contributed by atoms with Crippen LogP contribution in [0.1, 0.15) is 36.7 Å². The van der Waals surface area contributed by atoms with Gasteiger partial charge in [0.05, 0.1) is 24.2 Å². The number of ether oxygens (including phenoxy) is 1. The fourth-order valence-corrected chi connectivity index (χ4v) is 5.38. The zero-order valence-electron chi connectivity index (χ0n) is 22.6. The van der Waals surface area contributed by atoms with Crippen LogP contribution < -0.4 is 4.90 Å². The highest BCUT2D eigenvalue weighted by atomic mass is 16.5. The summed E-state index contributed by atoms with van der Waals surface area (Å²) in [6.07, 6.45) is 1.18. The molecular weight excluding hydrogens is 498 g/mol. The van der Waals surface area contributed by atoms with Crippen LogP contribution in [0.3, 0.4) is 0 Å². The number of fused-ring (bicyclic) bond motifs is 2. The number of aryl methyl sites for hydroxylation is 2. The van der Waals surface area contributed by atoms with Crippen LogP contribution in [-0.2, 0) is 23.0 Å². The van der Waals surface area contributed by atoms with E-state index in [0.717, 1.165) is 16.9 Å². The van der Waals surface area contributed by atoms with Crippen molar-refractivity contribution < 1.29 is 14.3 Å². The van der Waals surface area contributed by atoms with Crippen molar-refractivity contribution in [1.29, 1.82) is 0 Å². The molecule has 5 heterocycles. The Balaban J connectivity index is 1.45. The second kappa shape index (κ2) is 10.3. The highest BCUT2D eigenvalue weighted by Crippen LogP contribution is 2.29. The molecule has 0 aliphatic carbocycles. The first-order valence-electron chi connectivity index (χ1n) is 13.6. The molecule has 0 radical (unpaired) electrons. The van der Waals surface area contributed by atoms with Gasteiger partial charge < -0.3 is 24.0 Å². The maximum atomic E-state index is 13.7. The molecular formula is C27H33N9O3. The molecule has 0 bridgehead atoms. The van der Waals surface area contributed by atoms with E-state index in [0.29, 0.717) is 94.1 Å². The van der Waals surface area contributed by atoms with Gasteiger partial charge in [-0.2, -0.15) is 9.97 Å². The molecule has 1 aromatic carbocycles. The van der Waals surface area contributed by atoms with Gasteiger partial charge in [-0.05, 0) is 12.1 Å². The number of benzene rings is 1. The minimum absolute atomic E-state index is 0.112. The lowest BCUT2D eigenvalue weighted by Gasteiger charge is -2.34. The number of piperazine rings is 1. The third kappa shape index (κ3) is 4.38. The standard InChI is InChI=1S/C27H33N9O3/c1-4-20-28-18-8-6-7-9-19(18)36(20)27-30-23-22(24(31-27)34-14-16-39-17-15-34)29-25(32(23)3)26(38)35-12-10-33(11-13-35)21(37)5-2/h6-9H,4-5,10-17H2,1-3H3. The molecule has 39 heavy (non-hydrogen) atoms. The molecule has 0 atom stereocenters. The summed E-state index contributed by atoms with van der Waals surface area (Å²) in [5.41, 5.74) is 2.99. The smallest absolute Gasteiger partial charge is 0.290 e. The number of aromatic nitrogens is 6. The zero-order chi connectivity index (χ0) is 27.1. The molecule has 0 unspecified atom stereocenters. The molecule has 6 rings (SSSR count). The molecule has 0 saturated carbocycles. The zero-order valence-corrected chi connectivity index (χ0v) is 22.6. The summed E-state index contributed by atoms with van der Waals surface area (Å²) in [5.74, 6) is 2.31. The largest absolute Gasteiger partial charge is 0.378 e. The Bertz CT molecular complexity index is 1550. The summed E-state index contributed by atoms with van der Waals surface area (Å²) in [5, 5.41) is 0. The Morgan fingerprint density at radius 3 is 2.33 bits per heavy atom. The Hall–Kier alpha value is -4.06. The van der Waals surface area contributed by atoms with E-state index < -0.39 is 0 Å². The summed E-state index contributed by atoms with van der Waals surface area (Å²) in [4.78, 5) is 51.1. The van der Waals surface area contributed by atoms with Gasteiger partial charge in [0.25, 0.3) is 5.91 Å². The van der Waals surface area contributed by atoms with Crippen molar-refractivity contribution in [1.82, 2.24) is 38.9 Å². The summed E-state index contributed by atoms with van der Waals surface area (Å²) < 4.78 is 9.36. The van der Waals surface area contributed by atoms with Crippen LogP contribution in [-0.4, -0.2) is 103 Å². The predicted molar refractivity (Wildman–Crippen MR) is 146 cm³/mol. The third-order valence-corrected chi connectivity index (χ3v) is 7.56. The normalized spacial score (nSPS) is 16.4. The number of rotatable bonds is 5. The number of para-hydroxylation sites is 2.